The molecule has 37 N–H and O–H groups in total. The lowest BCUT2D eigenvalue weighted by molar-refractivity contribution is -0.143. The summed E-state index contributed by atoms with van der Waals surface area (Å²) >= 11 is 0. The number of unbranched alkanes of at least 4 members (excludes halogenated alkanes) is 3. The molecule has 0 radical (unpaired) electrons. The van der Waals surface area contributed by atoms with E-state index < -0.39 is 321 Å². The summed E-state index contributed by atoms with van der Waals surface area (Å²) in [5.74, 6) is -31.5. The number of aliphatic carboxylic acids is 3. The molecule has 0 bridgehead atoms. The number of carbonyl (C=O) groups is 23. The zero-order valence-corrected chi connectivity index (χ0v) is 72.2. The van der Waals surface area contributed by atoms with E-state index in [1.807, 2.05) is 5.32 Å². The van der Waals surface area contributed by atoms with Crippen LogP contribution in [-0.2, 0) is 110 Å². The maximum Gasteiger partial charge on any atom is 0.326 e. The standard InChI is InChI=1S/C75H130N24O27/c1-10-36(8)59(99-73(123)58(35(6)7)98-70(120)48(32-100)95-63(113)40(18-12-15-25-77)89-71(121)56(33(2)3)96-61(111)38(79)27-50(81)102)74(124)94-45(29-52(83)104)67(117)86-39(17-11-14-24-76)62(112)88-42(21-23-54(106)107)64(114)87-41(20-22-49(80)101)65(115)97-57(34(4)5)72(122)93-46(30-53(84)105)69(119)92-47(31-55(108)109)66(116)85-37(9)60(110)91-44(28-51(82)103)68(118)90-43(75(125)126)19-13-16-26-78/h33-48,56-59,100H,10-32,76-79H2,1-9H3,(H2,80,101)(H2,81,102)(H2,82,103)(H2,83,104)(H2,84,105)(H,85,116)(H,86,117)(H,87,114)(H,88,112)(H,89,121)(H,90,118)(H,91,110)(H,92,119)(H,93,122)(H,94,124)(H,95,113)(H,96,111)(H,97,115)(H,98,120)(H,99,123)(H,106,107)(H,108,109)(H,125,126)/t36-,37-,38-,39-,40-,41-,42-,43-,44-,45-,46-,47-,48-,56-,57-,58-,59-/m0/s1. The van der Waals surface area contributed by atoms with Crippen molar-refractivity contribution in [3.05, 3.63) is 0 Å². The Hall–Kier alpha value is -12.4. The Morgan fingerprint density at radius 2 is 0.540 bits per heavy atom. The predicted molar refractivity (Wildman–Crippen MR) is 443 cm³/mol. The van der Waals surface area contributed by atoms with Gasteiger partial charge in [0.05, 0.1) is 44.8 Å². The van der Waals surface area contributed by atoms with Crippen LogP contribution in [0, 0.1) is 23.7 Å². The van der Waals surface area contributed by atoms with Crippen molar-refractivity contribution in [3.63, 3.8) is 0 Å². The van der Waals surface area contributed by atoms with Crippen molar-refractivity contribution in [1.82, 2.24) is 79.8 Å². The van der Waals surface area contributed by atoms with E-state index in [0.29, 0.717) is 12.8 Å². The van der Waals surface area contributed by atoms with Crippen LogP contribution in [0.4, 0.5) is 0 Å². The van der Waals surface area contributed by atoms with Gasteiger partial charge in [-0.1, -0.05) is 61.8 Å². The topological polar surface area (TPSA) is 888 Å². The van der Waals surface area contributed by atoms with E-state index in [9.17, 15) is 131 Å². The molecule has 0 unspecified atom stereocenters. The molecule has 0 fully saturated rings. The summed E-state index contributed by atoms with van der Waals surface area (Å²) in [5.41, 5.74) is 49.6. The van der Waals surface area contributed by atoms with Crippen molar-refractivity contribution in [2.24, 2.45) is 75.3 Å². The fraction of sp³-hybridized carbons (Fsp3) is 0.693. The highest BCUT2D eigenvalue weighted by Crippen LogP contribution is 2.16. The van der Waals surface area contributed by atoms with Gasteiger partial charge in [0.15, 0.2) is 0 Å². The second-order valence-corrected chi connectivity index (χ2v) is 31.1. The molecule has 0 heterocycles. The summed E-state index contributed by atoms with van der Waals surface area (Å²) in [5, 5.41) is 74.2. The number of nitrogens with two attached hydrogens (primary N) is 9. The number of carboxylic acids is 3. The minimum atomic E-state index is -2.15. The second kappa shape index (κ2) is 58.7. The van der Waals surface area contributed by atoms with E-state index in [1.165, 1.54) is 34.6 Å². The number of aliphatic hydroxyl groups is 1. The number of hydrogen-bond donors (Lipinski definition) is 28. The molecule has 0 aromatic heterocycles. The molecule has 0 aliphatic carbocycles. The number of hydrogen-bond acceptors (Lipinski definition) is 28. The van der Waals surface area contributed by atoms with Gasteiger partial charge in [-0.25, -0.2) is 4.79 Å². The van der Waals surface area contributed by atoms with Gasteiger partial charge in [0.1, 0.15) is 90.6 Å². The van der Waals surface area contributed by atoms with E-state index >= 15 is 0 Å². The normalized spacial score (nSPS) is 15.2. The molecule has 0 aliphatic heterocycles. The maximum absolute atomic E-state index is 14.5. The Labute approximate surface area is 726 Å². The lowest BCUT2D eigenvalue weighted by Crippen LogP contribution is -2.62. The lowest BCUT2D eigenvalue weighted by atomic mass is 9.95. The van der Waals surface area contributed by atoms with E-state index in [-0.39, 0.29) is 71.0 Å². The Morgan fingerprint density at radius 1 is 0.270 bits per heavy atom. The highest BCUT2D eigenvalue weighted by molar-refractivity contribution is 6.03. The van der Waals surface area contributed by atoms with Crippen LogP contribution in [-0.4, -0.2) is 279 Å². The van der Waals surface area contributed by atoms with Gasteiger partial charge in [-0.15, -0.1) is 0 Å². The summed E-state index contributed by atoms with van der Waals surface area (Å²) < 4.78 is 0. The van der Waals surface area contributed by atoms with Crippen LogP contribution in [0.5, 0.6) is 0 Å². The molecular formula is C75H130N24O27. The largest absolute Gasteiger partial charge is 0.481 e. The first-order valence-electron chi connectivity index (χ1n) is 40.9. The van der Waals surface area contributed by atoms with E-state index in [1.54, 1.807) is 20.8 Å². The molecule has 0 rings (SSSR count). The molecular weight excluding hydrogens is 1670 g/mol. The first kappa shape index (κ1) is 114. The summed E-state index contributed by atoms with van der Waals surface area (Å²) in [4.78, 5) is 306. The van der Waals surface area contributed by atoms with Gasteiger partial charge >= 0.3 is 17.9 Å². The fourth-order valence-electron chi connectivity index (χ4n) is 11.9. The van der Waals surface area contributed by atoms with Crippen LogP contribution in [0.3, 0.4) is 0 Å². The Balaban J connectivity index is 7.20. The zero-order valence-electron chi connectivity index (χ0n) is 72.2. The number of aliphatic hydroxyl groups excluding tert-OH is 1. The highest BCUT2D eigenvalue weighted by Gasteiger charge is 2.41. The molecule has 126 heavy (non-hydrogen) atoms. The van der Waals surface area contributed by atoms with Gasteiger partial charge in [-0.2, -0.15) is 0 Å². The molecule has 51 nitrogen and oxygen atoms in total. The van der Waals surface area contributed by atoms with Gasteiger partial charge in [0.25, 0.3) is 0 Å². The lowest BCUT2D eigenvalue weighted by Gasteiger charge is -2.30. The quantitative estimate of drug-likeness (QED) is 0.0251. The van der Waals surface area contributed by atoms with E-state index in [4.69, 9.17) is 51.6 Å². The molecule has 712 valence electrons. The van der Waals surface area contributed by atoms with Crippen molar-refractivity contribution >= 4 is 136 Å². The zero-order chi connectivity index (χ0) is 96.7. The molecule has 0 aromatic carbocycles. The van der Waals surface area contributed by atoms with Crippen LogP contribution in [0.2, 0.25) is 0 Å². The molecule has 0 spiro atoms. The van der Waals surface area contributed by atoms with Crippen molar-refractivity contribution < 1.29 is 131 Å². The third-order valence-electron chi connectivity index (χ3n) is 19.3. The molecule has 0 aromatic rings. The molecule has 51 heteroatoms. The Bertz CT molecular complexity index is 3800. The third kappa shape index (κ3) is 43.8. The Morgan fingerprint density at radius 3 is 0.881 bits per heavy atom. The number of carbonyl (C=O) groups excluding carboxylic acids is 20. The fourth-order valence-corrected chi connectivity index (χ4v) is 11.9. The van der Waals surface area contributed by atoms with Gasteiger partial charge in [0, 0.05) is 12.8 Å². The SMILES string of the molecule is CC[C@H](C)[C@H](NC(=O)[C@@H](NC(=O)[C@H](CO)NC(=O)[C@H](CCCCN)NC(=O)[C@@H](NC(=O)[C@@H](N)CC(N)=O)C(C)C)C(C)C)C(=O)N[C@@H](CC(N)=O)C(=O)N[C@@H](CCCCN)C(=O)N[C@@H](CCC(=O)O)C(=O)N[C@@H](CCC(N)=O)C(=O)N[C@H](C(=O)N[C@@H](CC(N)=O)C(=O)N[C@@H](CC(=O)O)C(=O)N[C@@H](C)C(=O)N[C@@H](CC(N)=O)C(=O)N[C@@H](CCCCN)C(=O)O)C(C)C. The molecule has 0 saturated heterocycles. The van der Waals surface area contributed by atoms with Gasteiger partial charge in [-0.3, -0.25) is 105 Å². The first-order valence-corrected chi connectivity index (χ1v) is 40.9. The van der Waals surface area contributed by atoms with Crippen LogP contribution < -0.4 is 131 Å². The van der Waals surface area contributed by atoms with E-state index in [2.05, 4.69) is 74.4 Å². The number of primary amides is 5. The highest BCUT2D eigenvalue weighted by atomic mass is 16.4. The minimum Gasteiger partial charge on any atom is -0.481 e. The van der Waals surface area contributed by atoms with Gasteiger partial charge < -0.3 is 152 Å². The third-order valence-corrected chi connectivity index (χ3v) is 19.3. The minimum absolute atomic E-state index is 0.0162. The van der Waals surface area contributed by atoms with E-state index in [0.717, 1.165) is 6.92 Å². The van der Waals surface area contributed by atoms with Crippen molar-refractivity contribution in [1.29, 1.82) is 0 Å². The summed E-state index contributed by atoms with van der Waals surface area (Å²) in [7, 11) is 0. The molecule has 20 amide bonds. The first-order chi connectivity index (χ1) is 58.8. The van der Waals surface area contributed by atoms with Crippen LogP contribution >= 0.6 is 0 Å². The van der Waals surface area contributed by atoms with Gasteiger partial charge in [0.2, 0.25) is 118 Å². The average Bonchev–Trinajstić information content (AvgIpc) is 0.846. The number of rotatable bonds is 65. The summed E-state index contributed by atoms with van der Waals surface area (Å²) in [6.45, 7) is 12.2. The number of nitrogens with one attached hydrogen (secondary N) is 15. The monoisotopic (exact) mass is 1800 g/mol. The van der Waals surface area contributed by atoms with Crippen molar-refractivity contribution in [2.75, 3.05) is 26.2 Å². The number of carboxylic acid groups (broad SMARTS) is 3. The molecule has 17 atom stereocenters. The second-order valence-electron chi connectivity index (χ2n) is 31.1. The van der Waals surface area contributed by atoms with Crippen molar-refractivity contribution in [3.8, 4) is 0 Å². The van der Waals surface area contributed by atoms with Crippen LogP contribution in [0.15, 0.2) is 0 Å². The van der Waals surface area contributed by atoms with Gasteiger partial charge in [-0.05, 0) is 121 Å². The molecule has 0 aliphatic rings. The van der Waals surface area contributed by atoms with Crippen LogP contribution in [0.25, 0.3) is 0 Å². The average molecular weight is 1800 g/mol. The smallest absolute Gasteiger partial charge is 0.326 e. The maximum atomic E-state index is 14.5. The van der Waals surface area contributed by atoms with Crippen molar-refractivity contribution in [2.45, 2.75) is 281 Å². The predicted octanol–water partition coefficient (Wildman–Crippen LogP) is -11.8. The Kier molecular flexibility index (Phi) is 52.9. The number of amides is 20. The summed E-state index contributed by atoms with van der Waals surface area (Å²) in [6.07, 6.45) is -6.72. The molecule has 0 saturated carbocycles. The summed E-state index contributed by atoms with van der Waals surface area (Å²) in [6, 6.07) is -27.9. The van der Waals surface area contributed by atoms with Crippen LogP contribution in [0.1, 0.15) is 184 Å².